The Morgan fingerprint density at radius 2 is 1.84 bits per heavy atom. The average Bonchev–Trinajstić information content (AvgIpc) is 2.79. The van der Waals surface area contributed by atoms with Crippen LogP contribution < -0.4 is 10.1 Å². The molecule has 0 spiro atoms. The third kappa shape index (κ3) is 8.23. The number of unbranched alkanes of at least 4 members (excludes halogenated alkanes) is 1. The van der Waals surface area contributed by atoms with Crippen molar-refractivity contribution in [1.29, 1.82) is 0 Å². The number of thioether (sulfide) groups is 1. The number of rotatable bonds is 13. The third-order valence-corrected chi connectivity index (χ3v) is 6.29. The van der Waals surface area contributed by atoms with Crippen LogP contribution in [0.2, 0.25) is 0 Å². The van der Waals surface area contributed by atoms with Crippen LogP contribution in [-0.4, -0.2) is 42.2 Å². The van der Waals surface area contributed by atoms with Crippen molar-refractivity contribution in [3.05, 3.63) is 65.2 Å². The van der Waals surface area contributed by atoms with E-state index in [-0.39, 0.29) is 11.8 Å². The molecule has 2 aromatic rings. The summed E-state index contributed by atoms with van der Waals surface area (Å²) in [5, 5.41) is 3.01. The van der Waals surface area contributed by atoms with Crippen LogP contribution in [0, 0.1) is 6.92 Å². The molecule has 0 saturated carbocycles. The number of hydrogen-bond acceptors (Lipinski definition) is 4. The second-order valence-electron chi connectivity index (χ2n) is 7.92. The van der Waals surface area contributed by atoms with Gasteiger partial charge in [-0.25, -0.2) is 0 Å². The van der Waals surface area contributed by atoms with Gasteiger partial charge < -0.3 is 15.0 Å². The lowest BCUT2D eigenvalue weighted by molar-refractivity contribution is -0.139. The SMILES string of the molecule is CCCCNC(=O)[C@@H](CC)N(Cc1cccc(C)c1)C(=O)CSCc1ccc(OC)cc1. The fraction of sp³-hybridized carbons (Fsp3) is 0.462. The molecular weight excluding hydrogens is 420 g/mol. The van der Waals surface area contributed by atoms with Crippen molar-refractivity contribution in [2.45, 2.75) is 58.4 Å². The Morgan fingerprint density at radius 3 is 2.47 bits per heavy atom. The first-order valence-electron chi connectivity index (χ1n) is 11.3. The molecule has 2 amide bonds. The fourth-order valence-corrected chi connectivity index (χ4v) is 4.36. The molecule has 0 aliphatic rings. The van der Waals surface area contributed by atoms with Gasteiger partial charge in [0.1, 0.15) is 11.8 Å². The smallest absolute Gasteiger partial charge is 0.242 e. The highest BCUT2D eigenvalue weighted by Crippen LogP contribution is 2.19. The number of hydrogen-bond donors (Lipinski definition) is 1. The minimum absolute atomic E-state index is 0.0116. The number of nitrogens with zero attached hydrogens (tertiary/aromatic N) is 1. The van der Waals surface area contributed by atoms with Gasteiger partial charge in [0.05, 0.1) is 12.9 Å². The topological polar surface area (TPSA) is 58.6 Å². The Bertz CT molecular complexity index is 854. The Morgan fingerprint density at radius 1 is 1.09 bits per heavy atom. The molecule has 174 valence electrons. The molecular formula is C26H36N2O3S. The molecule has 1 N–H and O–H groups in total. The first-order valence-corrected chi connectivity index (χ1v) is 12.5. The van der Waals surface area contributed by atoms with E-state index in [0.717, 1.165) is 41.0 Å². The van der Waals surface area contributed by atoms with E-state index in [1.54, 1.807) is 23.8 Å². The van der Waals surface area contributed by atoms with Crippen LogP contribution in [0.15, 0.2) is 48.5 Å². The number of carbonyl (C=O) groups excluding carboxylic acids is 2. The van der Waals surface area contributed by atoms with Crippen LogP contribution in [-0.2, 0) is 21.9 Å². The van der Waals surface area contributed by atoms with Crippen LogP contribution in [0.25, 0.3) is 0 Å². The largest absolute Gasteiger partial charge is 0.497 e. The summed E-state index contributed by atoms with van der Waals surface area (Å²) in [4.78, 5) is 27.9. The molecule has 5 nitrogen and oxygen atoms in total. The van der Waals surface area contributed by atoms with E-state index in [0.29, 0.717) is 25.3 Å². The van der Waals surface area contributed by atoms with Gasteiger partial charge in [-0.3, -0.25) is 9.59 Å². The van der Waals surface area contributed by atoms with Crippen molar-refractivity contribution in [2.75, 3.05) is 19.4 Å². The van der Waals surface area contributed by atoms with Crippen molar-refractivity contribution < 1.29 is 14.3 Å². The van der Waals surface area contributed by atoms with Gasteiger partial charge in [0.2, 0.25) is 11.8 Å². The van der Waals surface area contributed by atoms with Gasteiger partial charge in [0.25, 0.3) is 0 Å². The molecule has 0 heterocycles. The van der Waals surface area contributed by atoms with Gasteiger partial charge in [-0.05, 0) is 43.0 Å². The molecule has 0 fully saturated rings. The molecule has 0 bridgehead atoms. The minimum atomic E-state index is -0.471. The van der Waals surface area contributed by atoms with Gasteiger partial charge in [-0.1, -0.05) is 62.2 Å². The number of amides is 2. The zero-order valence-electron chi connectivity index (χ0n) is 19.7. The second-order valence-corrected chi connectivity index (χ2v) is 8.91. The molecule has 32 heavy (non-hydrogen) atoms. The number of benzene rings is 2. The molecule has 0 aliphatic carbocycles. The maximum atomic E-state index is 13.3. The van der Waals surface area contributed by atoms with Crippen molar-refractivity contribution in [1.82, 2.24) is 10.2 Å². The van der Waals surface area contributed by atoms with Crippen molar-refractivity contribution in [3.63, 3.8) is 0 Å². The lowest BCUT2D eigenvalue weighted by Crippen LogP contribution is -2.49. The predicted octanol–water partition coefficient (Wildman–Crippen LogP) is 4.96. The maximum absolute atomic E-state index is 13.3. The highest BCUT2D eigenvalue weighted by Gasteiger charge is 2.28. The normalized spacial score (nSPS) is 11.6. The first kappa shape index (κ1) is 25.8. The number of ether oxygens (including phenoxy) is 1. The van der Waals surface area contributed by atoms with Gasteiger partial charge in [0, 0.05) is 18.8 Å². The highest BCUT2D eigenvalue weighted by molar-refractivity contribution is 7.99. The van der Waals surface area contributed by atoms with E-state index in [9.17, 15) is 9.59 Å². The number of aryl methyl sites for hydroxylation is 1. The lowest BCUT2D eigenvalue weighted by atomic mass is 10.1. The molecule has 0 radical (unpaired) electrons. The highest BCUT2D eigenvalue weighted by atomic mass is 32.2. The van der Waals surface area contributed by atoms with Crippen molar-refractivity contribution in [3.8, 4) is 5.75 Å². The quantitative estimate of drug-likeness (QED) is 0.433. The van der Waals surface area contributed by atoms with E-state index >= 15 is 0 Å². The monoisotopic (exact) mass is 456 g/mol. The summed E-state index contributed by atoms with van der Waals surface area (Å²) in [6, 6.07) is 15.5. The van der Waals surface area contributed by atoms with E-state index in [4.69, 9.17) is 4.74 Å². The third-order valence-electron chi connectivity index (χ3n) is 5.30. The van der Waals surface area contributed by atoms with Crippen LogP contribution in [0.1, 0.15) is 49.8 Å². The summed E-state index contributed by atoms with van der Waals surface area (Å²) in [5.74, 6) is 1.80. The van der Waals surface area contributed by atoms with E-state index < -0.39 is 6.04 Å². The van der Waals surface area contributed by atoms with E-state index in [1.807, 2.05) is 56.3 Å². The average molecular weight is 457 g/mol. The molecule has 0 unspecified atom stereocenters. The van der Waals surface area contributed by atoms with Gasteiger partial charge >= 0.3 is 0 Å². The molecule has 2 rings (SSSR count). The Labute approximate surface area is 196 Å². The number of carbonyl (C=O) groups is 2. The second kappa shape index (κ2) is 13.8. The Hall–Kier alpha value is -2.47. The molecule has 1 atom stereocenters. The van der Waals surface area contributed by atoms with Crippen molar-refractivity contribution >= 4 is 23.6 Å². The van der Waals surface area contributed by atoms with Crippen molar-refractivity contribution in [2.24, 2.45) is 0 Å². The zero-order chi connectivity index (χ0) is 23.3. The molecule has 0 saturated heterocycles. The molecule has 6 heteroatoms. The summed E-state index contributed by atoms with van der Waals surface area (Å²) in [6.07, 6.45) is 2.54. The molecule has 0 aromatic heterocycles. The number of methoxy groups -OCH3 is 1. The predicted molar refractivity (Wildman–Crippen MR) is 133 cm³/mol. The van der Waals surface area contributed by atoms with Crippen LogP contribution in [0.5, 0.6) is 5.75 Å². The maximum Gasteiger partial charge on any atom is 0.242 e. The Balaban J connectivity index is 2.08. The Kier molecular flexibility index (Phi) is 11.2. The minimum Gasteiger partial charge on any atom is -0.497 e. The van der Waals surface area contributed by atoms with Crippen LogP contribution in [0.3, 0.4) is 0 Å². The molecule has 2 aromatic carbocycles. The lowest BCUT2D eigenvalue weighted by Gasteiger charge is -2.30. The molecule has 0 aliphatic heterocycles. The summed E-state index contributed by atoms with van der Waals surface area (Å²) in [6.45, 7) is 7.17. The van der Waals surface area contributed by atoms with Gasteiger partial charge in [-0.2, -0.15) is 0 Å². The van der Waals surface area contributed by atoms with E-state index in [2.05, 4.69) is 18.3 Å². The first-order chi connectivity index (χ1) is 15.5. The zero-order valence-corrected chi connectivity index (χ0v) is 20.5. The summed E-state index contributed by atoms with van der Waals surface area (Å²) in [7, 11) is 1.65. The standard InChI is InChI=1S/C26H36N2O3S/c1-5-7-15-27-26(30)24(6-2)28(17-22-10-8-9-20(3)16-22)25(29)19-32-18-21-11-13-23(31-4)14-12-21/h8-14,16,24H,5-7,15,17-19H2,1-4H3,(H,27,30)/t24-/m1/s1. The summed E-state index contributed by atoms with van der Waals surface area (Å²) >= 11 is 1.57. The summed E-state index contributed by atoms with van der Waals surface area (Å²) < 4.78 is 5.20. The van der Waals surface area contributed by atoms with Crippen LogP contribution in [0.4, 0.5) is 0 Å². The summed E-state index contributed by atoms with van der Waals surface area (Å²) in [5.41, 5.74) is 3.32. The fourth-order valence-electron chi connectivity index (χ4n) is 3.49. The van der Waals surface area contributed by atoms with Gasteiger partial charge in [-0.15, -0.1) is 11.8 Å². The van der Waals surface area contributed by atoms with Gasteiger partial charge in [0.15, 0.2) is 0 Å². The van der Waals surface area contributed by atoms with E-state index in [1.165, 1.54) is 0 Å². The van der Waals surface area contributed by atoms with Crippen LogP contribution >= 0.6 is 11.8 Å². The number of nitrogens with one attached hydrogen (secondary N) is 1.